The second-order valence-corrected chi connectivity index (χ2v) is 4.78. The van der Waals surface area contributed by atoms with Crippen LogP contribution in [-0.2, 0) is 0 Å². The van der Waals surface area contributed by atoms with Crippen LogP contribution in [0.4, 0.5) is 0 Å². The van der Waals surface area contributed by atoms with Crippen LogP contribution in [-0.4, -0.2) is 0 Å². The highest BCUT2D eigenvalue weighted by Crippen LogP contribution is 2.55. The molecule has 77 valence electrons. The van der Waals surface area contributed by atoms with Crippen LogP contribution >= 0.6 is 0 Å². The third-order valence-electron chi connectivity index (χ3n) is 4.55. The molecular weight excluding hydrogens is 156 g/mol. The molecule has 0 aliphatic heterocycles. The van der Waals surface area contributed by atoms with Crippen molar-refractivity contribution in [2.45, 2.75) is 66.2 Å². The Morgan fingerprint density at radius 3 is 1.23 bits per heavy atom. The molecule has 1 aliphatic carbocycles. The molecule has 1 aliphatic rings. The molecule has 0 bridgehead atoms. The van der Waals surface area contributed by atoms with E-state index in [0.717, 1.165) is 0 Å². The summed E-state index contributed by atoms with van der Waals surface area (Å²) in [7, 11) is 0. The number of hydrogen-bond acceptors (Lipinski definition) is 0. The summed E-state index contributed by atoms with van der Waals surface area (Å²) in [4.78, 5) is 0. The Kier molecular flexibility index (Phi) is 3.43. The van der Waals surface area contributed by atoms with E-state index in [-0.39, 0.29) is 0 Å². The molecule has 1 radical (unpaired) electrons. The van der Waals surface area contributed by atoms with Crippen LogP contribution in [0.2, 0.25) is 0 Å². The third-order valence-corrected chi connectivity index (χ3v) is 4.55. The van der Waals surface area contributed by atoms with Crippen molar-refractivity contribution in [3.05, 3.63) is 6.42 Å². The molecule has 0 aromatic rings. The molecule has 1 rings (SSSR count). The van der Waals surface area contributed by atoms with Crippen LogP contribution < -0.4 is 0 Å². The van der Waals surface area contributed by atoms with Gasteiger partial charge in [-0.15, -0.1) is 0 Å². The highest BCUT2D eigenvalue weighted by atomic mass is 14.5. The van der Waals surface area contributed by atoms with E-state index in [1.165, 1.54) is 38.5 Å². The van der Waals surface area contributed by atoms with Gasteiger partial charge in [-0.1, -0.05) is 53.4 Å². The van der Waals surface area contributed by atoms with Crippen molar-refractivity contribution in [1.82, 2.24) is 0 Å². The van der Waals surface area contributed by atoms with Gasteiger partial charge in [0, 0.05) is 0 Å². The van der Waals surface area contributed by atoms with Crippen LogP contribution in [0.1, 0.15) is 66.2 Å². The van der Waals surface area contributed by atoms with E-state index in [0.29, 0.717) is 10.8 Å². The van der Waals surface area contributed by atoms with Crippen molar-refractivity contribution in [2.24, 2.45) is 10.8 Å². The lowest BCUT2D eigenvalue weighted by atomic mass is 9.74. The van der Waals surface area contributed by atoms with Crippen LogP contribution in [0.25, 0.3) is 0 Å². The Labute approximate surface area is 84.1 Å². The molecule has 0 heteroatoms. The summed E-state index contributed by atoms with van der Waals surface area (Å²) in [6.07, 6.45) is 10.9. The molecule has 13 heavy (non-hydrogen) atoms. The summed E-state index contributed by atoms with van der Waals surface area (Å²) in [5.41, 5.74) is 1.18. The third kappa shape index (κ3) is 1.92. The van der Waals surface area contributed by atoms with Gasteiger partial charge in [0.1, 0.15) is 0 Å². The molecule has 0 unspecified atom stereocenters. The van der Waals surface area contributed by atoms with Crippen molar-refractivity contribution in [1.29, 1.82) is 0 Å². The zero-order valence-corrected chi connectivity index (χ0v) is 9.82. The molecule has 1 fully saturated rings. The van der Waals surface area contributed by atoms with Crippen molar-refractivity contribution < 1.29 is 0 Å². The Hall–Kier alpha value is 0. The monoisotopic (exact) mass is 181 g/mol. The summed E-state index contributed by atoms with van der Waals surface area (Å²) < 4.78 is 0. The Morgan fingerprint density at radius 2 is 1.08 bits per heavy atom. The minimum absolute atomic E-state index is 0.589. The molecule has 0 N–H and O–H groups in total. The van der Waals surface area contributed by atoms with Gasteiger partial charge in [0.25, 0.3) is 0 Å². The van der Waals surface area contributed by atoms with Gasteiger partial charge in [0.15, 0.2) is 0 Å². The quantitative estimate of drug-likeness (QED) is 0.594. The molecule has 0 nitrogen and oxygen atoms in total. The molecule has 0 heterocycles. The average Bonchev–Trinajstić information content (AvgIpc) is 2.59. The fourth-order valence-corrected chi connectivity index (χ4v) is 2.91. The fourth-order valence-electron chi connectivity index (χ4n) is 2.91. The van der Waals surface area contributed by atoms with Crippen LogP contribution in [0, 0.1) is 17.3 Å². The summed E-state index contributed by atoms with van der Waals surface area (Å²) in [5.74, 6) is 0. The van der Waals surface area contributed by atoms with Gasteiger partial charge in [-0.05, 0) is 30.1 Å². The molecule has 0 aromatic carbocycles. The van der Waals surface area contributed by atoms with E-state index in [1.807, 2.05) is 0 Å². The lowest BCUT2D eigenvalue weighted by molar-refractivity contribution is 0.300. The zero-order chi connectivity index (χ0) is 9.95. The van der Waals surface area contributed by atoms with E-state index in [1.54, 1.807) is 0 Å². The van der Waals surface area contributed by atoms with E-state index < -0.39 is 0 Å². The number of hydrogen-bond donors (Lipinski definition) is 0. The molecule has 0 aromatic heterocycles. The van der Waals surface area contributed by atoms with Crippen molar-refractivity contribution in [3.8, 4) is 0 Å². The lowest BCUT2D eigenvalue weighted by Crippen LogP contribution is -2.21. The van der Waals surface area contributed by atoms with Gasteiger partial charge < -0.3 is 0 Å². The SMILES string of the molecule is CCC1(CC)[CH]C(CC)(CC)CC1. The largest absolute Gasteiger partial charge is 0.0648 e. The van der Waals surface area contributed by atoms with Crippen molar-refractivity contribution >= 4 is 0 Å². The van der Waals surface area contributed by atoms with Crippen LogP contribution in [0.3, 0.4) is 0 Å². The Bertz CT molecular complexity index is 131. The summed E-state index contributed by atoms with van der Waals surface area (Å²) in [6, 6.07) is 0. The highest BCUT2D eigenvalue weighted by molar-refractivity contribution is 5.08. The highest BCUT2D eigenvalue weighted by Gasteiger charge is 2.44. The first-order valence-corrected chi connectivity index (χ1v) is 6.03. The predicted octanol–water partition coefficient (Wildman–Crippen LogP) is 4.60. The molecule has 0 atom stereocenters. The summed E-state index contributed by atoms with van der Waals surface area (Å²) in [6.45, 7) is 9.39. The fraction of sp³-hybridized carbons (Fsp3) is 0.923. The summed E-state index contributed by atoms with van der Waals surface area (Å²) in [5, 5.41) is 0. The van der Waals surface area contributed by atoms with E-state index in [9.17, 15) is 0 Å². The van der Waals surface area contributed by atoms with Gasteiger partial charge >= 0.3 is 0 Å². The normalized spacial score (nSPS) is 24.9. The van der Waals surface area contributed by atoms with Gasteiger partial charge in [-0.25, -0.2) is 0 Å². The first kappa shape index (κ1) is 11.1. The number of rotatable bonds is 4. The maximum Gasteiger partial charge on any atom is -0.0262 e. The van der Waals surface area contributed by atoms with Crippen molar-refractivity contribution in [3.63, 3.8) is 0 Å². The minimum atomic E-state index is 0.589. The topological polar surface area (TPSA) is 0 Å². The molecule has 0 saturated heterocycles. The van der Waals surface area contributed by atoms with E-state index in [2.05, 4.69) is 34.1 Å². The van der Waals surface area contributed by atoms with Crippen molar-refractivity contribution in [2.75, 3.05) is 0 Å². The smallest absolute Gasteiger partial charge is 0.0262 e. The molecular formula is C13H25. The molecule has 1 saturated carbocycles. The maximum absolute atomic E-state index is 2.71. The van der Waals surface area contributed by atoms with Gasteiger partial charge in [0.2, 0.25) is 0 Å². The van der Waals surface area contributed by atoms with Crippen LogP contribution in [0.5, 0.6) is 0 Å². The van der Waals surface area contributed by atoms with E-state index in [4.69, 9.17) is 0 Å². The van der Waals surface area contributed by atoms with Crippen LogP contribution in [0.15, 0.2) is 0 Å². The van der Waals surface area contributed by atoms with E-state index >= 15 is 0 Å². The lowest BCUT2D eigenvalue weighted by Gasteiger charge is -2.31. The Morgan fingerprint density at radius 1 is 0.769 bits per heavy atom. The predicted molar refractivity (Wildman–Crippen MR) is 59.6 cm³/mol. The molecule has 0 amide bonds. The Balaban J connectivity index is 2.69. The standard InChI is InChI=1S/C13H25/c1-5-12(6-2)9-10-13(7-3,8-4)11-12/h11H,5-10H2,1-4H3. The van der Waals surface area contributed by atoms with Gasteiger partial charge in [-0.3, -0.25) is 0 Å². The molecule has 0 spiro atoms. The second kappa shape index (κ2) is 4.02. The summed E-state index contributed by atoms with van der Waals surface area (Å²) >= 11 is 0. The first-order chi connectivity index (χ1) is 6.16. The minimum Gasteiger partial charge on any atom is -0.0648 e. The van der Waals surface area contributed by atoms with Gasteiger partial charge in [-0.2, -0.15) is 0 Å². The van der Waals surface area contributed by atoms with Gasteiger partial charge in [0.05, 0.1) is 0 Å². The second-order valence-electron chi connectivity index (χ2n) is 4.78. The average molecular weight is 181 g/mol. The maximum atomic E-state index is 2.71. The first-order valence-electron chi connectivity index (χ1n) is 6.03. The zero-order valence-electron chi connectivity index (χ0n) is 9.82.